The number of amides is 1. The lowest BCUT2D eigenvalue weighted by Gasteiger charge is -2.18. The molecule has 1 amide bonds. The van der Waals surface area contributed by atoms with Crippen LogP contribution in [0.15, 0.2) is 11.3 Å². The average Bonchev–Trinajstić information content (AvgIpc) is 2.29. The monoisotopic (exact) mass is 288 g/mol. The second-order valence-electron chi connectivity index (χ2n) is 3.75. The zero-order valence-corrected chi connectivity index (χ0v) is 12.7. The van der Waals surface area contributed by atoms with Crippen molar-refractivity contribution >= 4 is 29.3 Å². The number of rotatable bonds is 5. The Bertz CT molecular complexity index is 391. The summed E-state index contributed by atoms with van der Waals surface area (Å²) in [4.78, 5) is 24.9. The fourth-order valence-corrected chi connectivity index (χ4v) is 1.47. The van der Waals surface area contributed by atoms with Crippen molar-refractivity contribution in [3.8, 4) is 0 Å². The minimum atomic E-state index is -0.694. The SMILES string of the molecule is CCOC(=O)NC(=S)/C(C(=O)OCC)=C(/C)N(C)C. The van der Waals surface area contributed by atoms with Gasteiger partial charge < -0.3 is 14.4 Å². The van der Waals surface area contributed by atoms with Gasteiger partial charge in [0.2, 0.25) is 0 Å². The van der Waals surface area contributed by atoms with Crippen LogP contribution in [-0.4, -0.2) is 49.3 Å². The van der Waals surface area contributed by atoms with Gasteiger partial charge in [-0.3, -0.25) is 5.32 Å². The van der Waals surface area contributed by atoms with Gasteiger partial charge in [0.05, 0.1) is 13.2 Å². The summed E-state index contributed by atoms with van der Waals surface area (Å²) in [6.45, 7) is 5.54. The standard InChI is InChI=1S/C12H20N2O4S/c1-6-17-11(15)9(8(3)14(4)5)10(19)13-12(16)18-7-2/h6-7H2,1-5H3,(H,13,16,19)/b9-8+. The first-order valence-corrected chi connectivity index (χ1v) is 6.29. The van der Waals surface area contributed by atoms with Gasteiger partial charge in [0.15, 0.2) is 0 Å². The predicted octanol–water partition coefficient (Wildman–Crippen LogP) is 1.46. The fourth-order valence-electron chi connectivity index (χ4n) is 1.15. The van der Waals surface area contributed by atoms with Crippen LogP contribution in [0.5, 0.6) is 0 Å². The van der Waals surface area contributed by atoms with Crippen LogP contribution >= 0.6 is 12.2 Å². The molecule has 0 aromatic carbocycles. The number of hydrogen-bond donors (Lipinski definition) is 1. The number of alkyl carbamates (subject to hydrolysis) is 1. The Labute approximate surface area is 118 Å². The second kappa shape index (κ2) is 8.47. The Morgan fingerprint density at radius 1 is 1.16 bits per heavy atom. The molecule has 19 heavy (non-hydrogen) atoms. The summed E-state index contributed by atoms with van der Waals surface area (Å²) >= 11 is 5.05. The first-order valence-electron chi connectivity index (χ1n) is 5.88. The smallest absolute Gasteiger partial charge is 0.412 e. The third-order valence-electron chi connectivity index (χ3n) is 2.23. The average molecular weight is 288 g/mol. The molecule has 7 heteroatoms. The summed E-state index contributed by atoms with van der Waals surface area (Å²) in [6, 6.07) is 0. The fraction of sp³-hybridized carbons (Fsp3) is 0.583. The maximum atomic E-state index is 11.9. The number of carbonyl (C=O) groups excluding carboxylic acids is 2. The summed E-state index contributed by atoms with van der Waals surface area (Å²) in [5.41, 5.74) is 0.746. The molecule has 0 saturated carbocycles. The number of ether oxygens (including phenoxy) is 2. The van der Waals surface area contributed by atoms with Crippen LogP contribution in [0, 0.1) is 0 Å². The number of carbonyl (C=O) groups is 2. The molecule has 0 aliphatic rings. The van der Waals surface area contributed by atoms with E-state index in [1.54, 1.807) is 39.8 Å². The molecule has 0 rings (SSSR count). The van der Waals surface area contributed by atoms with Crippen molar-refractivity contribution in [2.75, 3.05) is 27.3 Å². The number of nitrogens with zero attached hydrogens (tertiary/aromatic N) is 1. The molecule has 0 aliphatic carbocycles. The van der Waals surface area contributed by atoms with Gasteiger partial charge in [-0.15, -0.1) is 0 Å². The van der Waals surface area contributed by atoms with E-state index in [4.69, 9.17) is 21.7 Å². The highest BCUT2D eigenvalue weighted by Gasteiger charge is 2.22. The number of nitrogens with one attached hydrogen (secondary N) is 1. The third-order valence-corrected chi connectivity index (χ3v) is 2.54. The minimum absolute atomic E-state index is 0.0110. The van der Waals surface area contributed by atoms with E-state index in [0.29, 0.717) is 5.70 Å². The van der Waals surface area contributed by atoms with E-state index in [1.165, 1.54) is 0 Å². The Balaban J connectivity index is 5.16. The molecule has 0 spiro atoms. The van der Waals surface area contributed by atoms with Crippen molar-refractivity contribution in [2.24, 2.45) is 0 Å². The lowest BCUT2D eigenvalue weighted by Crippen LogP contribution is -2.35. The van der Waals surface area contributed by atoms with Crippen LogP contribution in [0.1, 0.15) is 20.8 Å². The van der Waals surface area contributed by atoms with Gasteiger partial charge in [0.1, 0.15) is 10.6 Å². The van der Waals surface area contributed by atoms with Gasteiger partial charge >= 0.3 is 12.1 Å². The molecule has 0 aromatic rings. The summed E-state index contributed by atoms with van der Waals surface area (Å²) in [6.07, 6.45) is -0.694. The molecule has 6 nitrogen and oxygen atoms in total. The topological polar surface area (TPSA) is 67.9 Å². The van der Waals surface area contributed by atoms with Gasteiger partial charge in [-0.25, -0.2) is 9.59 Å². The van der Waals surface area contributed by atoms with Crippen molar-refractivity contribution in [1.29, 1.82) is 0 Å². The molecule has 0 fully saturated rings. The molecule has 0 aromatic heterocycles. The normalized spacial score (nSPS) is 11.2. The maximum Gasteiger partial charge on any atom is 0.412 e. The Morgan fingerprint density at radius 2 is 1.68 bits per heavy atom. The summed E-state index contributed by atoms with van der Waals surface area (Å²) in [5.74, 6) is -0.574. The molecule has 0 aliphatic heterocycles. The molecule has 0 bridgehead atoms. The minimum Gasteiger partial charge on any atom is -0.462 e. The number of esters is 1. The molecule has 108 valence electrons. The quantitative estimate of drug-likeness (QED) is 0.469. The molecule has 0 saturated heterocycles. The van der Waals surface area contributed by atoms with Crippen molar-refractivity contribution in [1.82, 2.24) is 10.2 Å². The number of hydrogen-bond acceptors (Lipinski definition) is 6. The molecule has 0 radical (unpaired) electrons. The van der Waals surface area contributed by atoms with E-state index in [-0.39, 0.29) is 23.8 Å². The predicted molar refractivity (Wildman–Crippen MR) is 75.8 cm³/mol. The van der Waals surface area contributed by atoms with E-state index in [9.17, 15) is 9.59 Å². The first-order chi connectivity index (χ1) is 8.84. The van der Waals surface area contributed by atoms with Gasteiger partial charge in [-0.05, 0) is 20.8 Å². The van der Waals surface area contributed by atoms with Gasteiger partial charge in [-0.1, -0.05) is 12.2 Å². The van der Waals surface area contributed by atoms with Crippen molar-refractivity contribution in [2.45, 2.75) is 20.8 Å². The van der Waals surface area contributed by atoms with E-state index >= 15 is 0 Å². The van der Waals surface area contributed by atoms with E-state index in [0.717, 1.165) is 0 Å². The van der Waals surface area contributed by atoms with Gasteiger partial charge in [0, 0.05) is 19.8 Å². The van der Waals surface area contributed by atoms with Crippen molar-refractivity contribution in [3.05, 3.63) is 11.3 Å². The van der Waals surface area contributed by atoms with Crippen LogP contribution in [-0.2, 0) is 14.3 Å². The van der Waals surface area contributed by atoms with E-state index in [1.807, 2.05) is 0 Å². The summed E-state index contributed by atoms with van der Waals surface area (Å²) in [7, 11) is 3.53. The second-order valence-corrected chi connectivity index (χ2v) is 4.16. The number of allylic oxidation sites excluding steroid dienone is 1. The van der Waals surface area contributed by atoms with Crippen LogP contribution in [0.4, 0.5) is 4.79 Å². The molecular formula is C12H20N2O4S. The third kappa shape index (κ3) is 5.69. The van der Waals surface area contributed by atoms with Crippen LogP contribution in [0.25, 0.3) is 0 Å². The van der Waals surface area contributed by atoms with Crippen molar-refractivity contribution in [3.63, 3.8) is 0 Å². The molecule has 0 unspecified atom stereocenters. The van der Waals surface area contributed by atoms with E-state index < -0.39 is 12.1 Å². The van der Waals surface area contributed by atoms with Crippen molar-refractivity contribution < 1.29 is 19.1 Å². The van der Waals surface area contributed by atoms with Gasteiger partial charge in [0.25, 0.3) is 0 Å². The Kier molecular flexibility index (Phi) is 7.74. The van der Waals surface area contributed by atoms with Crippen LogP contribution in [0.3, 0.4) is 0 Å². The maximum absolute atomic E-state index is 11.9. The highest BCUT2D eigenvalue weighted by atomic mass is 32.1. The van der Waals surface area contributed by atoms with E-state index in [2.05, 4.69) is 5.32 Å². The molecule has 0 atom stereocenters. The van der Waals surface area contributed by atoms with Crippen LogP contribution in [0.2, 0.25) is 0 Å². The Hall–Kier alpha value is -1.63. The Morgan fingerprint density at radius 3 is 2.11 bits per heavy atom. The molecular weight excluding hydrogens is 268 g/mol. The highest BCUT2D eigenvalue weighted by Crippen LogP contribution is 2.10. The molecule has 0 heterocycles. The van der Waals surface area contributed by atoms with Crippen LogP contribution < -0.4 is 5.32 Å². The first kappa shape index (κ1) is 17.4. The van der Waals surface area contributed by atoms with Gasteiger partial charge in [-0.2, -0.15) is 0 Å². The lowest BCUT2D eigenvalue weighted by molar-refractivity contribution is -0.138. The zero-order valence-electron chi connectivity index (χ0n) is 11.9. The zero-order chi connectivity index (χ0) is 15.0. The molecule has 1 N–H and O–H groups in total. The summed E-state index contributed by atoms with van der Waals surface area (Å²) < 4.78 is 9.65. The largest absolute Gasteiger partial charge is 0.462 e. The highest BCUT2D eigenvalue weighted by molar-refractivity contribution is 7.80. The summed E-state index contributed by atoms with van der Waals surface area (Å²) in [5, 5.41) is 2.34. The number of thiocarbonyl (C=S) groups is 1. The lowest BCUT2D eigenvalue weighted by atomic mass is 10.2.